The third-order valence-corrected chi connectivity index (χ3v) is 2.74. The molecule has 0 aromatic heterocycles. The van der Waals surface area contributed by atoms with Crippen LogP contribution in [-0.4, -0.2) is 7.11 Å². The van der Waals surface area contributed by atoms with Crippen LogP contribution < -0.4 is 5.32 Å². The van der Waals surface area contributed by atoms with Crippen LogP contribution in [0.2, 0.25) is 0 Å². The predicted molar refractivity (Wildman–Crippen MR) is 56.7 cm³/mol. The van der Waals surface area contributed by atoms with E-state index in [9.17, 15) is 0 Å². The second-order valence-corrected chi connectivity index (χ2v) is 3.69. The molecule has 0 bridgehead atoms. The Kier molecular flexibility index (Phi) is 2.27. The number of anilines is 1. The van der Waals surface area contributed by atoms with Gasteiger partial charge in [-0.3, -0.25) is 0 Å². The molecule has 0 fully saturated rings. The van der Waals surface area contributed by atoms with Crippen molar-refractivity contribution >= 4 is 21.6 Å². The lowest BCUT2D eigenvalue weighted by molar-refractivity contribution is 0.281. The molecule has 1 aromatic carbocycles. The van der Waals surface area contributed by atoms with Gasteiger partial charge in [0.25, 0.3) is 0 Å². The summed E-state index contributed by atoms with van der Waals surface area (Å²) in [6.45, 7) is 0. The molecule has 0 saturated carbocycles. The van der Waals surface area contributed by atoms with Crippen molar-refractivity contribution in [1.82, 2.24) is 0 Å². The normalized spacial score (nSPS) is 14.9. The summed E-state index contributed by atoms with van der Waals surface area (Å²) in [5.41, 5.74) is 2.41. The zero-order chi connectivity index (χ0) is 9.26. The van der Waals surface area contributed by atoms with Gasteiger partial charge < -0.3 is 10.1 Å². The van der Waals surface area contributed by atoms with E-state index in [0.29, 0.717) is 0 Å². The molecule has 1 aliphatic rings. The number of halogens is 1. The Bertz CT molecular complexity index is 360. The van der Waals surface area contributed by atoms with Gasteiger partial charge in [-0.1, -0.05) is 18.2 Å². The molecular weight excluding hydrogens is 230 g/mol. The van der Waals surface area contributed by atoms with Gasteiger partial charge in [0.05, 0.1) is 7.11 Å². The fourth-order valence-corrected chi connectivity index (χ4v) is 1.91. The SMILES string of the molecule is COC1=C(Br)Nc2ccccc2C1. The van der Waals surface area contributed by atoms with Gasteiger partial charge in [-0.2, -0.15) is 0 Å². The summed E-state index contributed by atoms with van der Waals surface area (Å²) >= 11 is 3.43. The fourth-order valence-electron chi connectivity index (χ4n) is 1.40. The lowest BCUT2D eigenvalue weighted by Crippen LogP contribution is -2.10. The summed E-state index contributed by atoms with van der Waals surface area (Å²) in [5, 5.41) is 3.23. The summed E-state index contributed by atoms with van der Waals surface area (Å²) in [7, 11) is 1.69. The number of allylic oxidation sites excluding steroid dienone is 1. The number of para-hydroxylation sites is 1. The van der Waals surface area contributed by atoms with Crippen LogP contribution in [0.15, 0.2) is 34.6 Å². The van der Waals surface area contributed by atoms with Gasteiger partial charge in [0.15, 0.2) is 0 Å². The first-order valence-corrected chi connectivity index (χ1v) is 4.88. The Morgan fingerprint density at radius 1 is 1.38 bits per heavy atom. The van der Waals surface area contributed by atoms with Gasteiger partial charge in [-0.15, -0.1) is 0 Å². The van der Waals surface area contributed by atoms with Gasteiger partial charge in [-0.05, 0) is 27.6 Å². The number of hydrogen-bond acceptors (Lipinski definition) is 2. The van der Waals surface area contributed by atoms with Crippen LogP contribution in [0.4, 0.5) is 5.69 Å². The van der Waals surface area contributed by atoms with E-state index in [4.69, 9.17) is 4.74 Å². The summed E-state index contributed by atoms with van der Waals surface area (Å²) in [5.74, 6) is 0.943. The van der Waals surface area contributed by atoms with Crippen molar-refractivity contribution in [2.45, 2.75) is 6.42 Å². The number of benzene rings is 1. The Balaban J connectivity index is 2.37. The molecular formula is C10H10BrNO. The van der Waals surface area contributed by atoms with E-state index < -0.39 is 0 Å². The van der Waals surface area contributed by atoms with E-state index in [1.807, 2.05) is 12.1 Å². The Morgan fingerprint density at radius 2 is 2.15 bits per heavy atom. The molecule has 3 heteroatoms. The Morgan fingerprint density at radius 3 is 2.92 bits per heavy atom. The van der Waals surface area contributed by atoms with Gasteiger partial charge in [0.1, 0.15) is 10.4 Å². The highest BCUT2D eigenvalue weighted by molar-refractivity contribution is 9.11. The molecule has 1 N–H and O–H groups in total. The smallest absolute Gasteiger partial charge is 0.131 e. The topological polar surface area (TPSA) is 21.3 Å². The highest BCUT2D eigenvalue weighted by Crippen LogP contribution is 2.29. The number of rotatable bonds is 1. The molecule has 2 rings (SSSR count). The maximum absolute atomic E-state index is 5.23. The lowest BCUT2D eigenvalue weighted by atomic mass is 10.1. The summed E-state index contributed by atoms with van der Waals surface area (Å²) in [6, 6.07) is 8.21. The minimum Gasteiger partial charge on any atom is -0.498 e. The maximum atomic E-state index is 5.23. The van der Waals surface area contributed by atoms with Crippen molar-refractivity contribution in [3.63, 3.8) is 0 Å². The molecule has 68 valence electrons. The Labute approximate surface area is 85.7 Å². The summed E-state index contributed by atoms with van der Waals surface area (Å²) < 4.78 is 6.16. The molecule has 0 aliphatic carbocycles. The monoisotopic (exact) mass is 239 g/mol. The fraction of sp³-hybridized carbons (Fsp3) is 0.200. The molecule has 0 spiro atoms. The van der Waals surface area contributed by atoms with Crippen molar-refractivity contribution in [2.75, 3.05) is 12.4 Å². The molecule has 1 aromatic rings. The van der Waals surface area contributed by atoms with Crippen LogP contribution in [-0.2, 0) is 11.2 Å². The molecule has 1 aliphatic heterocycles. The second-order valence-electron chi connectivity index (χ2n) is 2.90. The van der Waals surface area contributed by atoms with Crippen LogP contribution >= 0.6 is 15.9 Å². The molecule has 0 unspecified atom stereocenters. The predicted octanol–water partition coefficient (Wildman–Crippen LogP) is 2.87. The largest absolute Gasteiger partial charge is 0.498 e. The highest BCUT2D eigenvalue weighted by atomic mass is 79.9. The van der Waals surface area contributed by atoms with E-state index >= 15 is 0 Å². The van der Waals surface area contributed by atoms with Crippen LogP contribution in [0.1, 0.15) is 5.56 Å². The lowest BCUT2D eigenvalue weighted by Gasteiger charge is -2.20. The summed E-state index contributed by atoms with van der Waals surface area (Å²) in [6.07, 6.45) is 0.847. The molecule has 2 nitrogen and oxygen atoms in total. The van der Waals surface area contributed by atoms with Crippen molar-refractivity contribution in [2.24, 2.45) is 0 Å². The van der Waals surface area contributed by atoms with Crippen LogP contribution in [0, 0.1) is 0 Å². The Hall–Kier alpha value is -0.960. The molecule has 0 radical (unpaired) electrons. The third-order valence-electron chi connectivity index (χ3n) is 2.10. The van der Waals surface area contributed by atoms with Crippen LogP contribution in [0.25, 0.3) is 0 Å². The first kappa shape index (κ1) is 8.63. The van der Waals surface area contributed by atoms with E-state index in [1.54, 1.807) is 7.11 Å². The van der Waals surface area contributed by atoms with E-state index in [2.05, 4.69) is 33.4 Å². The average Bonchev–Trinajstić information content (AvgIpc) is 2.17. The molecule has 0 atom stereocenters. The molecule has 13 heavy (non-hydrogen) atoms. The van der Waals surface area contributed by atoms with E-state index in [-0.39, 0.29) is 0 Å². The number of hydrogen-bond donors (Lipinski definition) is 1. The van der Waals surface area contributed by atoms with Crippen molar-refractivity contribution < 1.29 is 4.74 Å². The number of methoxy groups -OCH3 is 1. The second kappa shape index (κ2) is 3.42. The van der Waals surface area contributed by atoms with Crippen LogP contribution in [0.3, 0.4) is 0 Å². The minimum atomic E-state index is 0.847. The number of ether oxygens (including phenoxy) is 1. The number of nitrogens with one attached hydrogen (secondary N) is 1. The first-order valence-electron chi connectivity index (χ1n) is 4.09. The molecule has 0 saturated heterocycles. The zero-order valence-electron chi connectivity index (χ0n) is 7.30. The summed E-state index contributed by atoms with van der Waals surface area (Å²) in [4.78, 5) is 0. The highest BCUT2D eigenvalue weighted by Gasteiger charge is 2.15. The number of fused-ring (bicyclic) bond motifs is 1. The van der Waals surface area contributed by atoms with E-state index in [0.717, 1.165) is 22.5 Å². The van der Waals surface area contributed by atoms with Gasteiger partial charge in [0.2, 0.25) is 0 Å². The van der Waals surface area contributed by atoms with Crippen LogP contribution in [0.5, 0.6) is 0 Å². The quantitative estimate of drug-likeness (QED) is 0.762. The average molecular weight is 240 g/mol. The molecule has 0 amide bonds. The molecule has 1 heterocycles. The maximum Gasteiger partial charge on any atom is 0.131 e. The van der Waals surface area contributed by atoms with E-state index in [1.165, 1.54) is 5.56 Å². The van der Waals surface area contributed by atoms with Crippen molar-refractivity contribution in [3.8, 4) is 0 Å². The van der Waals surface area contributed by atoms with Gasteiger partial charge in [0, 0.05) is 12.1 Å². The minimum absolute atomic E-state index is 0.847. The van der Waals surface area contributed by atoms with Gasteiger partial charge in [-0.25, -0.2) is 0 Å². The standard InChI is InChI=1S/C10H10BrNO/c1-13-9-6-7-4-2-3-5-8(7)12-10(9)11/h2-5,12H,6H2,1H3. The zero-order valence-corrected chi connectivity index (χ0v) is 8.89. The first-order chi connectivity index (χ1) is 6.31. The van der Waals surface area contributed by atoms with Crippen molar-refractivity contribution in [1.29, 1.82) is 0 Å². The van der Waals surface area contributed by atoms with Gasteiger partial charge >= 0.3 is 0 Å². The van der Waals surface area contributed by atoms with Crippen molar-refractivity contribution in [3.05, 3.63) is 40.2 Å². The third kappa shape index (κ3) is 1.56.